The first-order valence-electron chi connectivity index (χ1n) is 7.30. The summed E-state index contributed by atoms with van der Waals surface area (Å²) in [4.78, 5) is 0. The molecule has 0 spiro atoms. The van der Waals surface area contributed by atoms with Crippen LogP contribution in [0.4, 0.5) is 0 Å². The Morgan fingerprint density at radius 2 is 2.28 bits per heavy atom. The zero-order chi connectivity index (χ0) is 13.2. The van der Waals surface area contributed by atoms with Gasteiger partial charge in [-0.15, -0.1) is 0 Å². The van der Waals surface area contributed by atoms with Crippen molar-refractivity contribution in [2.75, 3.05) is 0 Å². The van der Waals surface area contributed by atoms with Crippen molar-refractivity contribution in [2.24, 2.45) is 13.0 Å². The molecule has 1 fully saturated rings. The number of rotatable bonds is 4. The van der Waals surface area contributed by atoms with Crippen LogP contribution in [-0.2, 0) is 19.9 Å². The van der Waals surface area contributed by atoms with E-state index in [1.54, 1.807) is 0 Å². The zero-order valence-electron chi connectivity index (χ0n) is 11.9. The molecule has 2 atom stereocenters. The normalized spacial score (nSPS) is 28.6. The average molecular weight is 250 g/mol. The molecule has 18 heavy (non-hydrogen) atoms. The number of nitrogens with zero attached hydrogens (tertiary/aromatic N) is 2. The minimum atomic E-state index is -0.502. The molecule has 3 heteroatoms. The fourth-order valence-corrected chi connectivity index (χ4v) is 3.22. The van der Waals surface area contributed by atoms with Crippen molar-refractivity contribution in [3.05, 3.63) is 17.5 Å². The van der Waals surface area contributed by atoms with E-state index < -0.39 is 5.60 Å². The summed E-state index contributed by atoms with van der Waals surface area (Å²) in [6.45, 7) is 4.35. The van der Waals surface area contributed by atoms with E-state index in [0.717, 1.165) is 37.8 Å². The molecule has 0 aliphatic heterocycles. The Morgan fingerprint density at radius 3 is 2.89 bits per heavy atom. The Bertz CT molecular complexity index is 399. The highest BCUT2D eigenvalue weighted by atomic mass is 16.3. The van der Waals surface area contributed by atoms with Gasteiger partial charge in [0.2, 0.25) is 0 Å². The first-order chi connectivity index (χ1) is 8.56. The first kappa shape index (κ1) is 13.6. The van der Waals surface area contributed by atoms with Gasteiger partial charge in [-0.05, 0) is 31.2 Å². The van der Waals surface area contributed by atoms with E-state index in [-0.39, 0.29) is 0 Å². The molecule has 2 unspecified atom stereocenters. The monoisotopic (exact) mass is 250 g/mol. The molecule has 1 aliphatic rings. The van der Waals surface area contributed by atoms with Gasteiger partial charge in [0.1, 0.15) is 0 Å². The predicted octanol–water partition coefficient (Wildman–Crippen LogP) is 2.86. The molecule has 1 N–H and O–H groups in total. The lowest BCUT2D eigenvalue weighted by atomic mass is 9.75. The number of hydrogen-bond donors (Lipinski definition) is 1. The van der Waals surface area contributed by atoms with Crippen LogP contribution in [0.1, 0.15) is 57.3 Å². The number of aryl methyl sites for hydroxylation is 2. The molecule has 1 aliphatic carbocycles. The maximum Gasteiger partial charge on any atom is 0.0705 e. The summed E-state index contributed by atoms with van der Waals surface area (Å²) in [6, 6.07) is 2.15. The van der Waals surface area contributed by atoms with Crippen LogP contribution in [-0.4, -0.2) is 20.5 Å². The van der Waals surface area contributed by atoms with Gasteiger partial charge in [-0.1, -0.05) is 33.1 Å². The van der Waals surface area contributed by atoms with Crippen molar-refractivity contribution < 1.29 is 5.11 Å². The van der Waals surface area contributed by atoms with Crippen molar-refractivity contribution in [2.45, 2.75) is 64.4 Å². The van der Waals surface area contributed by atoms with E-state index in [0.29, 0.717) is 5.92 Å². The fraction of sp³-hybridized carbons (Fsp3) is 0.800. The Labute approximate surface area is 110 Å². The molecule has 0 saturated heterocycles. The summed E-state index contributed by atoms with van der Waals surface area (Å²) in [7, 11) is 1.98. The second-order valence-electron chi connectivity index (χ2n) is 5.88. The third-order valence-corrected chi connectivity index (χ3v) is 4.40. The van der Waals surface area contributed by atoms with E-state index in [4.69, 9.17) is 0 Å². The third kappa shape index (κ3) is 2.94. The van der Waals surface area contributed by atoms with Gasteiger partial charge in [-0.3, -0.25) is 4.68 Å². The van der Waals surface area contributed by atoms with Crippen LogP contribution in [0.5, 0.6) is 0 Å². The first-order valence-corrected chi connectivity index (χ1v) is 7.30. The highest BCUT2D eigenvalue weighted by Gasteiger charge is 2.34. The fourth-order valence-electron chi connectivity index (χ4n) is 3.22. The minimum Gasteiger partial charge on any atom is -0.389 e. The van der Waals surface area contributed by atoms with Crippen molar-refractivity contribution in [1.29, 1.82) is 0 Å². The molecular formula is C15H26N2O. The lowest BCUT2D eigenvalue weighted by molar-refractivity contribution is -0.0175. The lowest BCUT2D eigenvalue weighted by Gasteiger charge is -2.36. The van der Waals surface area contributed by atoms with E-state index in [1.165, 1.54) is 18.5 Å². The predicted molar refractivity (Wildman–Crippen MR) is 73.5 cm³/mol. The average Bonchev–Trinajstić information content (AvgIpc) is 2.69. The molecule has 1 aromatic heterocycles. The molecule has 1 heterocycles. The van der Waals surface area contributed by atoms with E-state index in [9.17, 15) is 5.11 Å². The van der Waals surface area contributed by atoms with Gasteiger partial charge in [-0.25, -0.2) is 0 Å². The largest absolute Gasteiger partial charge is 0.389 e. The van der Waals surface area contributed by atoms with Gasteiger partial charge in [0.25, 0.3) is 0 Å². The van der Waals surface area contributed by atoms with Crippen LogP contribution in [0.3, 0.4) is 0 Å². The second-order valence-corrected chi connectivity index (χ2v) is 5.88. The molecule has 2 rings (SSSR count). The second kappa shape index (κ2) is 5.43. The summed E-state index contributed by atoms with van der Waals surface area (Å²) < 4.78 is 1.94. The number of aliphatic hydroxyl groups is 1. The van der Waals surface area contributed by atoms with Crippen molar-refractivity contribution in [1.82, 2.24) is 9.78 Å². The molecule has 3 nitrogen and oxygen atoms in total. The zero-order valence-corrected chi connectivity index (χ0v) is 11.9. The summed E-state index contributed by atoms with van der Waals surface area (Å²) in [5, 5.41) is 15.3. The minimum absolute atomic E-state index is 0.502. The van der Waals surface area contributed by atoms with Crippen LogP contribution in [0, 0.1) is 5.92 Å². The van der Waals surface area contributed by atoms with Gasteiger partial charge >= 0.3 is 0 Å². The summed E-state index contributed by atoms with van der Waals surface area (Å²) in [5.74, 6) is 0.697. The molecule has 0 bridgehead atoms. The Balaban J connectivity index is 2.08. The van der Waals surface area contributed by atoms with Crippen LogP contribution in [0.25, 0.3) is 0 Å². The SMILES string of the molecule is CCc1cc(CC2(O)CCCC(CC)C2)n(C)n1. The molecule has 0 amide bonds. The maximum atomic E-state index is 10.8. The molecule has 0 aromatic carbocycles. The third-order valence-electron chi connectivity index (χ3n) is 4.40. The van der Waals surface area contributed by atoms with E-state index in [2.05, 4.69) is 25.0 Å². The van der Waals surface area contributed by atoms with Crippen molar-refractivity contribution in [3.63, 3.8) is 0 Å². The van der Waals surface area contributed by atoms with Gasteiger partial charge < -0.3 is 5.11 Å². The smallest absolute Gasteiger partial charge is 0.0705 e. The molecule has 0 radical (unpaired) electrons. The molecule has 102 valence electrons. The standard InChI is InChI=1S/C15H26N2O/c1-4-12-7-6-8-15(18,10-12)11-14-9-13(5-2)16-17(14)3/h9,12,18H,4-8,10-11H2,1-3H3. The van der Waals surface area contributed by atoms with Gasteiger partial charge in [0.05, 0.1) is 11.3 Å². The van der Waals surface area contributed by atoms with Crippen LogP contribution < -0.4 is 0 Å². The van der Waals surface area contributed by atoms with Crippen molar-refractivity contribution in [3.8, 4) is 0 Å². The van der Waals surface area contributed by atoms with E-state index >= 15 is 0 Å². The molecule has 1 saturated carbocycles. The number of hydrogen-bond acceptors (Lipinski definition) is 2. The van der Waals surface area contributed by atoms with Gasteiger partial charge in [0, 0.05) is 19.2 Å². The Kier molecular flexibility index (Phi) is 4.10. The summed E-state index contributed by atoms with van der Waals surface area (Å²) >= 11 is 0. The maximum absolute atomic E-state index is 10.8. The summed E-state index contributed by atoms with van der Waals surface area (Å²) in [6.07, 6.45) is 7.24. The van der Waals surface area contributed by atoms with Gasteiger partial charge in [-0.2, -0.15) is 5.10 Å². The lowest BCUT2D eigenvalue weighted by Crippen LogP contribution is -2.37. The topological polar surface area (TPSA) is 38.0 Å². The highest BCUT2D eigenvalue weighted by Crippen LogP contribution is 2.36. The Hall–Kier alpha value is -0.830. The number of aromatic nitrogens is 2. The van der Waals surface area contributed by atoms with E-state index in [1.807, 2.05) is 11.7 Å². The Morgan fingerprint density at radius 1 is 1.50 bits per heavy atom. The van der Waals surface area contributed by atoms with Crippen LogP contribution >= 0.6 is 0 Å². The molecule has 1 aromatic rings. The van der Waals surface area contributed by atoms with Crippen molar-refractivity contribution >= 4 is 0 Å². The quantitative estimate of drug-likeness (QED) is 0.892. The van der Waals surface area contributed by atoms with Crippen LogP contribution in [0.2, 0.25) is 0 Å². The highest BCUT2D eigenvalue weighted by molar-refractivity contribution is 5.13. The van der Waals surface area contributed by atoms with Crippen LogP contribution in [0.15, 0.2) is 6.07 Å². The van der Waals surface area contributed by atoms with Gasteiger partial charge in [0.15, 0.2) is 0 Å². The summed E-state index contributed by atoms with van der Waals surface area (Å²) in [5.41, 5.74) is 1.79. The molecular weight excluding hydrogens is 224 g/mol.